The number of nitrogens with zero attached hydrogens (tertiary/aromatic N) is 2. The molecule has 2 aromatic heterocycles. The number of nitrogens with one attached hydrogen (secondary N) is 2. The van der Waals surface area contributed by atoms with E-state index in [1.807, 2.05) is 0 Å². The first-order valence-electron chi connectivity index (χ1n) is 9.49. The Bertz CT molecular complexity index is 1110. The van der Waals surface area contributed by atoms with Crippen LogP contribution >= 0.6 is 0 Å². The van der Waals surface area contributed by atoms with E-state index < -0.39 is 23.4 Å². The van der Waals surface area contributed by atoms with E-state index in [0.29, 0.717) is 22.5 Å². The van der Waals surface area contributed by atoms with Gasteiger partial charge in [0.1, 0.15) is 11.2 Å². The monoisotopic (exact) mass is 434 g/mol. The van der Waals surface area contributed by atoms with Crippen molar-refractivity contribution in [3.8, 4) is 11.1 Å². The number of carbonyl (C=O) groups excluding carboxylic acids is 1. The van der Waals surface area contributed by atoms with Crippen LogP contribution in [-0.2, 0) is 16.6 Å². The van der Waals surface area contributed by atoms with Crippen molar-refractivity contribution in [2.24, 2.45) is 0 Å². The van der Waals surface area contributed by atoms with E-state index in [2.05, 4.69) is 20.8 Å². The molecule has 0 aliphatic heterocycles. The molecule has 0 unspecified atom stereocenters. The first-order valence-corrected chi connectivity index (χ1v) is 9.49. The first kappa shape index (κ1) is 20.8. The maximum Gasteiger partial charge on any atom is 0.401 e. The van der Waals surface area contributed by atoms with Crippen LogP contribution in [-0.4, -0.2) is 29.3 Å². The van der Waals surface area contributed by atoms with Gasteiger partial charge in [-0.2, -0.15) is 17.6 Å². The summed E-state index contributed by atoms with van der Waals surface area (Å²) in [6, 6.07) is 11.0. The Morgan fingerprint density at radius 3 is 2.42 bits per heavy atom. The maximum absolute atomic E-state index is 14.1. The number of alkyl halides is 3. The maximum atomic E-state index is 14.1. The SMILES string of the molecule is CNc1ccc(-c2ccc(CC(=O)Nc3cc(C4(C(F)(F)F)CC4)on3)cc2)c(F)n1. The van der Waals surface area contributed by atoms with Gasteiger partial charge in [-0.25, -0.2) is 4.98 Å². The number of anilines is 2. The minimum Gasteiger partial charge on any atom is -0.373 e. The molecule has 1 aliphatic carbocycles. The fraction of sp³-hybridized carbons (Fsp3) is 0.286. The summed E-state index contributed by atoms with van der Waals surface area (Å²) >= 11 is 0. The fourth-order valence-electron chi connectivity index (χ4n) is 3.32. The second kappa shape index (κ2) is 7.68. The lowest BCUT2D eigenvalue weighted by atomic mass is 10.0. The lowest BCUT2D eigenvalue weighted by Gasteiger charge is -2.14. The van der Waals surface area contributed by atoms with Gasteiger partial charge >= 0.3 is 6.18 Å². The Hall–Kier alpha value is -3.43. The van der Waals surface area contributed by atoms with E-state index >= 15 is 0 Å². The average molecular weight is 434 g/mol. The first-order chi connectivity index (χ1) is 14.7. The number of halogens is 4. The normalized spacial score (nSPS) is 14.9. The zero-order valence-electron chi connectivity index (χ0n) is 16.4. The predicted molar refractivity (Wildman–Crippen MR) is 105 cm³/mol. The zero-order valence-corrected chi connectivity index (χ0v) is 16.4. The molecule has 0 bridgehead atoms. The molecule has 162 valence electrons. The van der Waals surface area contributed by atoms with Gasteiger partial charge in [0.15, 0.2) is 11.6 Å². The molecule has 1 fully saturated rings. The standard InChI is InChI=1S/C21H18F4N4O2/c1-26-16-7-6-14(19(22)28-16)13-4-2-12(3-5-13)10-18(30)27-17-11-15(31-29-17)20(8-9-20)21(23,24)25/h2-7,11H,8-10H2,1H3,(H,26,28)(H,27,29,30). The molecule has 1 amide bonds. The summed E-state index contributed by atoms with van der Waals surface area (Å²) in [4.78, 5) is 16.0. The van der Waals surface area contributed by atoms with Crippen LogP contribution in [0.2, 0.25) is 0 Å². The lowest BCUT2D eigenvalue weighted by Crippen LogP contribution is -2.28. The van der Waals surface area contributed by atoms with Gasteiger partial charge in [0.25, 0.3) is 0 Å². The Balaban J connectivity index is 1.40. The van der Waals surface area contributed by atoms with E-state index in [-0.39, 0.29) is 30.8 Å². The van der Waals surface area contributed by atoms with Crippen LogP contribution in [0.25, 0.3) is 11.1 Å². The summed E-state index contributed by atoms with van der Waals surface area (Å²) in [5, 5.41) is 8.73. The molecule has 0 saturated heterocycles. The summed E-state index contributed by atoms with van der Waals surface area (Å²) in [7, 11) is 1.64. The van der Waals surface area contributed by atoms with Gasteiger partial charge in [-0.05, 0) is 36.1 Å². The number of rotatable bonds is 6. The molecule has 6 nitrogen and oxygen atoms in total. The highest BCUT2D eigenvalue weighted by Crippen LogP contribution is 2.59. The second-order valence-corrected chi connectivity index (χ2v) is 7.36. The summed E-state index contributed by atoms with van der Waals surface area (Å²) in [6.07, 6.45) is -4.57. The van der Waals surface area contributed by atoms with Gasteiger partial charge < -0.3 is 15.2 Å². The Labute approximate surface area is 174 Å². The minimum atomic E-state index is -4.42. The molecule has 2 heterocycles. The molecule has 0 spiro atoms. The van der Waals surface area contributed by atoms with Crippen LogP contribution in [0.3, 0.4) is 0 Å². The molecule has 1 aliphatic rings. The van der Waals surface area contributed by atoms with E-state index in [9.17, 15) is 22.4 Å². The van der Waals surface area contributed by atoms with E-state index in [0.717, 1.165) is 6.07 Å². The van der Waals surface area contributed by atoms with Gasteiger partial charge in [-0.15, -0.1) is 0 Å². The average Bonchev–Trinajstić information content (AvgIpc) is 3.43. The van der Waals surface area contributed by atoms with Crippen LogP contribution in [0.15, 0.2) is 47.0 Å². The third-order valence-electron chi connectivity index (χ3n) is 5.28. The van der Waals surface area contributed by atoms with Crippen LogP contribution in [0.4, 0.5) is 29.2 Å². The van der Waals surface area contributed by atoms with Crippen molar-refractivity contribution < 1.29 is 26.9 Å². The Morgan fingerprint density at radius 1 is 1.13 bits per heavy atom. The van der Waals surface area contributed by atoms with Crippen molar-refractivity contribution in [2.45, 2.75) is 30.9 Å². The summed E-state index contributed by atoms with van der Waals surface area (Å²) in [5.41, 5.74) is -0.434. The summed E-state index contributed by atoms with van der Waals surface area (Å²) in [5.74, 6) is -1.03. The van der Waals surface area contributed by atoms with Gasteiger partial charge in [-0.3, -0.25) is 4.79 Å². The van der Waals surface area contributed by atoms with Gasteiger partial charge in [0.05, 0.1) is 6.42 Å². The zero-order chi connectivity index (χ0) is 22.2. The van der Waals surface area contributed by atoms with Gasteiger partial charge in [-0.1, -0.05) is 29.4 Å². The van der Waals surface area contributed by atoms with Gasteiger partial charge in [0.2, 0.25) is 11.9 Å². The number of hydrogen-bond donors (Lipinski definition) is 2. The van der Waals surface area contributed by atoms with E-state index in [1.165, 1.54) is 0 Å². The highest BCUT2D eigenvalue weighted by molar-refractivity contribution is 5.91. The predicted octanol–water partition coefficient (Wildman–Crippen LogP) is 4.69. The molecule has 10 heteroatoms. The fourth-order valence-corrected chi connectivity index (χ4v) is 3.32. The Morgan fingerprint density at radius 2 is 1.84 bits per heavy atom. The second-order valence-electron chi connectivity index (χ2n) is 7.36. The van der Waals surface area contributed by atoms with Crippen molar-refractivity contribution in [2.75, 3.05) is 17.7 Å². The van der Waals surface area contributed by atoms with Crippen LogP contribution in [0.1, 0.15) is 24.2 Å². The highest BCUT2D eigenvalue weighted by atomic mass is 19.4. The van der Waals surface area contributed by atoms with Gasteiger partial charge in [0, 0.05) is 18.7 Å². The molecule has 2 N–H and O–H groups in total. The minimum absolute atomic E-state index is 0.0354. The molecule has 31 heavy (non-hydrogen) atoms. The number of pyridine rings is 1. The topological polar surface area (TPSA) is 80.0 Å². The van der Waals surface area contributed by atoms with E-state index in [4.69, 9.17) is 4.52 Å². The molecule has 1 aromatic carbocycles. The van der Waals surface area contributed by atoms with Crippen molar-refractivity contribution >= 4 is 17.5 Å². The molecular formula is C21H18F4N4O2. The Kier molecular flexibility index (Phi) is 5.16. The van der Waals surface area contributed by atoms with Crippen LogP contribution in [0.5, 0.6) is 0 Å². The van der Waals surface area contributed by atoms with Crippen LogP contribution in [0, 0.1) is 5.95 Å². The van der Waals surface area contributed by atoms with Crippen molar-refractivity contribution in [3.63, 3.8) is 0 Å². The number of aromatic nitrogens is 2. The number of hydrogen-bond acceptors (Lipinski definition) is 5. The van der Waals surface area contributed by atoms with Crippen molar-refractivity contribution in [3.05, 3.63) is 59.7 Å². The summed E-state index contributed by atoms with van der Waals surface area (Å²) < 4.78 is 58.4. The number of benzene rings is 1. The molecule has 1 saturated carbocycles. The molecule has 4 rings (SSSR count). The number of carbonyl (C=O) groups is 1. The smallest absolute Gasteiger partial charge is 0.373 e. The third kappa shape index (κ3) is 4.10. The highest BCUT2D eigenvalue weighted by Gasteiger charge is 2.66. The lowest BCUT2D eigenvalue weighted by molar-refractivity contribution is -0.165. The molecule has 0 radical (unpaired) electrons. The largest absolute Gasteiger partial charge is 0.401 e. The quantitative estimate of drug-likeness (QED) is 0.435. The summed E-state index contributed by atoms with van der Waals surface area (Å²) in [6.45, 7) is 0. The van der Waals surface area contributed by atoms with Crippen molar-refractivity contribution in [1.82, 2.24) is 10.1 Å². The van der Waals surface area contributed by atoms with Crippen LogP contribution < -0.4 is 10.6 Å². The number of amides is 1. The van der Waals surface area contributed by atoms with E-state index in [1.54, 1.807) is 43.4 Å². The molecule has 3 aromatic rings. The molecular weight excluding hydrogens is 416 g/mol. The van der Waals surface area contributed by atoms with Crippen molar-refractivity contribution in [1.29, 1.82) is 0 Å². The molecule has 0 atom stereocenters. The third-order valence-corrected chi connectivity index (χ3v) is 5.28.